The van der Waals surface area contributed by atoms with E-state index >= 15 is 0 Å². The Bertz CT molecular complexity index is 823. The molecule has 1 atom stereocenters. The minimum atomic E-state index is -3.04. The molecular formula is C18H18F2N2O3S. The number of benzene rings is 1. The van der Waals surface area contributed by atoms with Crippen molar-refractivity contribution in [2.75, 3.05) is 0 Å². The molecule has 138 valence electrons. The van der Waals surface area contributed by atoms with Crippen molar-refractivity contribution in [3.05, 3.63) is 51.2 Å². The van der Waals surface area contributed by atoms with Crippen LogP contribution in [0.15, 0.2) is 30.3 Å². The standard InChI is InChI=1S/C18H18F2N2O3S/c1-10-6-7-14-11(8-10)9-15(26-14)17(24)22-21-16(23)12-4-2-3-5-13(12)25-18(19)20/h2-5,9-10,18H,6-8H2,1H3,(H,21,23)(H,22,24). The number of fused-ring (bicyclic) bond motifs is 1. The summed E-state index contributed by atoms with van der Waals surface area (Å²) in [7, 11) is 0. The Morgan fingerprint density at radius 2 is 1.96 bits per heavy atom. The number of nitrogens with one attached hydrogen (secondary N) is 2. The van der Waals surface area contributed by atoms with E-state index in [1.54, 1.807) is 0 Å². The van der Waals surface area contributed by atoms with Crippen LogP contribution in [-0.4, -0.2) is 18.4 Å². The molecule has 3 rings (SSSR count). The van der Waals surface area contributed by atoms with E-state index in [1.165, 1.54) is 46.0 Å². The van der Waals surface area contributed by atoms with Crippen LogP contribution in [0.3, 0.4) is 0 Å². The summed E-state index contributed by atoms with van der Waals surface area (Å²) in [6, 6.07) is 7.45. The van der Waals surface area contributed by atoms with Gasteiger partial charge in [-0.1, -0.05) is 19.1 Å². The lowest BCUT2D eigenvalue weighted by atomic mass is 9.90. The lowest BCUT2D eigenvalue weighted by Gasteiger charge is -2.16. The Kier molecular flexibility index (Phi) is 5.51. The monoisotopic (exact) mass is 380 g/mol. The van der Waals surface area contributed by atoms with Crippen LogP contribution >= 0.6 is 11.3 Å². The second-order valence-electron chi connectivity index (χ2n) is 6.19. The molecule has 1 aliphatic carbocycles. The number of hydrazine groups is 1. The van der Waals surface area contributed by atoms with Crippen LogP contribution in [-0.2, 0) is 12.8 Å². The molecule has 0 fully saturated rings. The van der Waals surface area contributed by atoms with Crippen molar-refractivity contribution in [3.63, 3.8) is 0 Å². The molecule has 1 aromatic heterocycles. The zero-order valence-electron chi connectivity index (χ0n) is 14.1. The third kappa shape index (κ3) is 4.19. The van der Waals surface area contributed by atoms with Crippen LogP contribution in [0.1, 0.15) is 43.8 Å². The van der Waals surface area contributed by atoms with Gasteiger partial charge < -0.3 is 4.74 Å². The molecule has 1 aromatic carbocycles. The van der Waals surface area contributed by atoms with Crippen LogP contribution in [0, 0.1) is 5.92 Å². The number of hydrogen-bond donors (Lipinski definition) is 2. The minimum Gasteiger partial charge on any atom is -0.434 e. The molecule has 26 heavy (non-hydrogen) atoms. The highest BCUT2D eigenvalue weighted by atomic mass is 32.1. The van der Waals surface area contributed by atoms with E-state index in [4.69, 9.17) is 0 Å². The van der Waals surface area contributed by atoms with Crippen molar-refractivity contribution in [1.82, 2.24) is 10.9 Å². The highest BCUT2D eigenvalue weighted by Gasteiger charge is 2.21. The minimum absolute atomic E-state index is 0.0904. The molecule has 8 heteroatoms. The molecule has 0 saturated heterocycles. The van der Waals surface area contributed by atoms with Crippen molar-refractivity contribution in [2.24, 2.45) is 5.92 Å². The van der Waals surface area contributed by atoms with E-state index in [1.807, 2.05) is 6.07 Å². The van der Waals surface area contributed by atoms with Crippen LogP contribution in [0.4, 0.5) is 8.78 Å². The van der Waals surface area contributed by atoms with Gasteiger partial charge in [0.2, 0.25) is 0 Å². The predicted molar refractivity (Wildman–Crippen MR) is 93.5 cm³/mol. The molecule has 0 bridgehead atoms. The first-order chi connectivity index (χ1) is 12.4. The zero-order chi connectivity index (χ0) is 18.7. The Morgan fingerprint density at radius 1 is 1.23 bits per heavy atom. The molecule has 0 spiro atoms. The van der Waals surface area contributed by atoms with Crippen LogP contribution in [0.2, 0.25) is 0 Å². The predicted octanol–water partition coefficient (Wildman–Crippen LogP) is 3.55. The third-order valence-electron chi connectivity index (χ3n) is 4.19. The van der Waals surface area contributed by atoms with Crippen LogP contribution < -0.4 is 15.6 Å². The summed E-state index contributed by atoms with van der Waals surface area (Å²) in [5.74, 6) is -0.823. The number of para-hydroxylation sites is 1. The van der Waals surface area contributed by atoms with E-state index in [2.05, 4.69) is 22.5 Å². The van der Waals surface area contributed by atoms with Crippen molar-refractivity contribution in [2.45, 2.75) is 32.8 Å². The van der Waals surface area contributed by atoms with E-state index in [-0.39, 0.29) is 11.3 Å². The quantitative estimate of drug-likeness (QED) is 0.797. The van der Waals surface area contributed by atoms with Gasteiger partial charge in [-0.15, -0.1) is 11.3 Å². The fourth-order valence-corrected chi connectivity index (χ4v) is 4.02. The summed E-state index contributed by atoms with van der Waals surface area (Å²) < 4.78 is 29.2. The zero-order valence-corrected chi connectivity index (χ0v) is 14.9. The summed E-state index contributed by atoms with van der Waals surface area (Å²) >= 11 is 1.42. The summed E-state index contributed by atoms with van der Waals surface area (Å²) in [6.07, 6.45) is 3.01. The van der Waals surface area contributed by atoms with Crippen molar-refractivity contribution in [3.8, 4) is 5.75 Å². The molecule has 0 radical (unpaired) electrons. The molecule has 2 N–H and O–H groups in total. The maximum absolute atomic E-state index is 12.4. The van der Waals surface area contributed by atoms with Crippen molar-refractivity contribution < 1.29 is 23.1 Å². The van der Waals surface area contributed by atoms with E-state index < -0.39 is 18.4 Å². The highest BCUT2D eigenvalue weighted by molar-refractivity contribution is 7.14. The van der Waals surface area contributed by atoms with Gasteiger partial charge in [0.1, 0.15) is 5.75 Å². The maximum atomic E-state index is 12.4. The number of thiophene rings is 1. The first-order valence-corrected chi connectivity index (χ1v) is 9.01. The third-order valence-corrected chi connectivity index (χ3v) is 5.43. The molecule has 1 unspecified atom stereocenters. The van der Waals surface area contributed by atoms with Gasteiger partial charge in [0.05, 0.1) is 10.4 Å². The Morgan fingerprint density at radius 3 is 2.73 bits per heavy atom. The first-order valence-electron chi connectivity index (χ1n) is 8.20. The molecule has 5 nitrogen and oxygen atoms in total. The molecule has 1 heterocycles. The summed E-state index contributed by atoms with van der Waals surface area (Å²) in [4.78, 5) is 26.2. The maximum Gasteiger partial charge on any atom is 0.387 e. The van der Waals surface area contributed by atoms with Gasteiger partial charge >= 0.3 is 6.61 Å². The van der Waals surface area contributed by atoms with E-state index in [0.29, 0.717) is 10.8 Å². The van der Waals surface area contributed by atoms with Gasteiger partial charge in [-0.3, -0.25) is 20.4 Å². The lowest BCUT2D eigenvalue weighted by molar-refractivity contribution is -0.0501. The number of amides is 2. The average Bonchev–Trinajstić information content (AvgIpc) is 3.02. The summed E-state index contributed by atoms with van der Waals surface area (Å²) in [5, 5.41) is 0. The van der Waals surface area contributed by atoms with E-state index in [9.17, 15) is 18.4 Å². The molecule has 0 aliphatic heterocycles. The van der Waals surface area contributed by atoms with Gasteiger partial charge in [0.25, 0.3) is 11.8 Å². The number of alkyl halides is 2. The largest absolute Gasteiger partial charge is 0.434 e. The Labute approximate surface area is 153 Å². The number of aryl methyl sites for hydroxylation is 1. The normalized spacial score (nSPS) is 16.1. The second kappa shape index (κ2) is 7.82. The van der Waals surface area contributed by atoms with Crippen LogP contribution in [0.25, 0.3) is 0 Å². The number of hydrogen-bond acceptors (Lipinski definition) is 4. The number of carbonyl (C=O) groups excluding carboxylic acids is 2. The van der Waals surface area contributed by atoms with Gasteiger partial charge in [-0.05, 0) is 48.9 Å². The fourth-order valence-electron chi connectivity index (χ4n) is 2.91. The van der Waals surface area contributed by atoms with Gasteiger partial charge in [-0.2, -0.15) is 8.78 Å². The number of rotatable bonds is 4. The topological polar surface area (TPSA) is 67.4 Å². The van der Waals surface area contributed by atoms with Crippen molar-refractivity contribution in [1.29, 1.82) is 0 Å². The summed E-state index contributed by atoms with van der Waals surface area (Å²) in [5.41, 5.74) is 5.66. The SMILES string of the molecule is CC1CCc2sc(C(=O)NNC(=O)c3ccccc3OC(F)F)cc2C1. The molecule has 1 aliphatic rings. The Hall–Kier alpha value is -2.48. The fraction of sp³-hybridized carbons (Fsp3) is 0.333. The van der Waals surface area contributed by atoms with Gasteiger partial charge in [0, 0.05) is 4.88 Å². The van der Waals surface area contributed by atoms with Crippen molar-refractivity contribution >= 4 is 23.2 Å². The molecular weight excluding hydrogens is 362 g/mol. The van der Waals surface area contributed by atoms with Gasteiger partial charge in [-0.25, -0.2) is 0 Å². The number of ether oxygens (including phenoxy) is 1. The van der Waals surface area contributed by atoms with Gasteiger partial charge in [0.15, 0.2) is 0 Å². The number of halogens is 2. The lowest BCUT2D eigenvalue weighted by Crippen LogP contribution is -2.41. The molecule has 2 amide bonds. The van der Waals surface area contributed by atoms with Crippen LogP contribution in [0.5, 0.6) is 5.75 Å². The second-order valence-corrected chi connectivity index (χ2v) is 7.33. The first kappa shape index (κ1) is 18.3. The molecule has 2 aromatic rings. The molecule has 0 saturated carbocycles. The number of carbonyl (C=O) groups is 2. The average molecular weight is 380 g/mol. The van der Waals surface area contributed by atoms with E-state index in [0.717, 1.165) is 19.3 Å². The highest BCUT2D eigenvalue weighted by Crippen LogP contribution is 2.32. The Balaban J connectivity index is 1.64. The summed E-state index contributed by atoms with van der Waals surface area (Å²) in [6.45, 7) is -0.863. The smallest absolute Gasteiger partial charge is 0.387 e.